The smallest absolute Gasteiger partial charge is 0.213 e. The number of hydrogen-bond acceptors (Lipinski definition) is 6. The van der Waals surface area contributed by atoms with Gasteiger partial charge in [-0.25, -0.2) is 9.38 Å². The van der Waals surface area contributed by atoms with Crippen LogP contribution in [0.4, 0.5) is 5.95 Å². The Kier molecular flexibility index (Phi) is 5.33. The van der Waals surface area contributed by atoms with E-state index in [0.717, 1.165) is 58.8 Å². The number of hydrogen-bond donors (Lipinski definition) is 1. The van der Waals surface area contributed by atoms with Crippen molar-refractivity contribution < 1.29 is 0 Å². The zero-order valence-electron chi connectivity index (χ0n) is 15.7. The molecule has 0 saturated carbocycles. The van der Waals surface area contributed by atoms with E-state index in [0.29, 0.717) is 0 Å². The van der Waals surface area contributed by atoms with E-state index in [1.807, 2.05) is 11.3 Å². The van der Waals surface area contributed by atoms with Crippen LogP contribution in [0.3, 0.4) is 0 Å². The topological polar surface area (TPSA) is 84.7 Å². The van der Waals surface area contributed by atoms with E-state index in [2.05, 4.69) is 58.3 Å². The third-order valence-electron chi connectivity index (χ3n) is 4.27. The summed E-state index contributed by atoms with van der Waals surface area (Å²) < 4.78 is 6.42. The summed E-state index contributed by atoms with van der Waals surface area (Å²) in [6.07, 6.45) is 2.77. The normalized spacial score (nSPS) is 13.5. The fraction of sp³-hybridized carbons (Fsp3) is 0.389. The Morgan fingerprint density at radius 2 is 2.15 bits per heavy atom. The van der Waals surface area contributed by atoms with E-state index in [1.165, 1.54) is 0 Å². The van der Waals surface area contributed by atoms with E-state index < -0.39 is 10.9 Å². The van der Waals surface area contributed by atoms with Crippen molar-refractivity contribution in [3.8, 4) is 0 Å². The lowest BCUT2D eigenvalue weighted by Gasteiger charge is -2.23. The van der Waals surface area contributed by atoms with Crippen molar-refractivity contribution in [1.29, 1.82) is 0 Å². The lowest BCUT2D eigenvalue weighted by atomic mass is 10.0. The Balaban J connectivity index is 2.39. The number of fused-ring (bicyclic) bond motifs is 3. The molecule has 0 aliphatic carbocycles. The molecule has 26 heavy (non-hydrogen) atoms. The van der Waals surface area contributed by atoms with Crippen molar-refractivity contribution in [1.82, 2.24) is 19.6 Å². The zero-order chi connectivity index (χ0) is 18.8. The Bertz CT molecular complexity index is 1010. The van der Waals surface area contributed by atoms with Gasteiger partial charge in [-0.3, -0.25) is 9.54 Å². The van der Waals surface area contributed by atoms with Gasteiger partial charge in [0.25, 0.3) is 0 Å². The average molecular weight is 372 g/mol. The van der Waals surface area contributed by atoms with Crippen molar-refractivity contribution >= 4 is 44.9 Å². The zero-order valence-corrected chi connectivity index (χ0v) is 16.5. The number of aromatic nitrogens is 4. The van der Waals surface area contributed by atoms with Gasteiger partial charge < -0.3 is 4.90 Å². The molecule has 7 nitrogen and oxygen atoms in total. The van der Waals surface area contributed by atoms with Gasteiger partial charge in [0.15, 0.2) is 5.65 Å². The van der Waals surface area contributed by atoms with Crippen LogP contribution in [0.15, 0.2) is 22.9 Å². The van der Waals surface area contributed by atoms with Crippen molar-refractivity contribution in [2.24, 2.45) is 9.54 Å². The second kappa shape index (κ2) is 7.51. The van der Waals surface area contributed by atoms with Gasteiger partial charge in [0.2, 0.25) is 5.95 Å². The quantitative estimate of drug-likeness (QED) is 0.531. The van der Waals surface area contributed by atoms with Crippen LogP contribution in [0.1, 0.15) is 38.3 Å². The molecule has 0 saturated heterocycles. The number of nitrogens with two attached hydrogens (primary N) is 1. The fourth-order valence-electron chi connectivity index (χ4n) is 3.18. The number of aryl methyl sites for hydroxylation is 1. The maximum atomic E-state index is 5.80. The minimum Gasteiger partial charge on any atom is -0.342 e. The van der Waals surface area contributed by atoms with E-state index in [4.69, 9.17) is 10.1 Å². The highest BCUT2D eigenvalue weighted by molar-refractivity contribution is 8.11. The molecule has 0 amide bonds. The first-order valence-corrected chi connectivity index (χ1v) is 10.1. The molecule has 2 aromatic heterocycles. The van der Waals surface area contributed by atoms with Gasteiger partial charge >= 0.3 is 0 Å². The SMILES string of the molecule is C=S(N)/N=C(/C)c1cc(C)cc2c1nc(N(CC)CCC)n1cnnc21. The molecule has 0 spiro atoms. The van der Waals surface area contributed by atoms with Crippen LogP contribution < -0.4 is 10.0 Å². The van der Waals surface area contributed by atoms with Crippen molar-refractivity contribution in [3.05, 3.63) is 29.6 Å². The highest BCUT2D eigenvalue weighted by Gasteiger charge is 2.18. The van der Waals surface area contributed by atoms with Crippen molar-refractivity contribution in [2.75, 3.05) is 18.0 Å². The van der Waals surface area contributed by atoms with E-state index in [-0.39, 0.29) is 0 Å². The molecule has 2 N–H and O–H groups in total. The molecule has 2 heterocycles. The summed E-state index contributed by atoms with van der Waals surface area (Å²) in [5, 5.41) is 15.2. The molecule has 1 aromatic carbocycles. The maximum Gasteiger partial charge on any atom is 0.213 e. The molecular formula is C18H25N7S. The Morgan fingerprint density at radius 3 is 2.81 bits per heavy atom. The number of benzene rings is 1. The molecule has 3 aromatic rings. The van der Waals surface area contributed by atoms with Crippen LogP contribution in [-0.2, 0) is 0 Å². The third-order valence-corrected chi connectivity index (χ3v) is 4.78. The summed E-state index contributed by atoms with van der Waals surface area (Å²) in [5.74, 6) is 4.64. The van der Waals surface area contributed by atoms with Crippen LogP contribution in [0.25, 0.3) is 16.6 Å². The molecule has 0 radical (unpaired) electrons. The van der Waals surface area contributed by atoms with Crippen LogP contribution >= 0.6 is 10.9 Å². The van der Waals surface area contributed by atoms with Gasteiger partial charge in [-0.15, -0.1) is 10.2 Å². The van der Waals surface area contributed by atoms with E-state index in [9.17, 15) is 0 Å². The van der Waals surface area contributed by atoms with Gasteiger partial charge in [0.05, 0.1) is 11.2 Å². The summed E-state index contributed by atoms with van der Waals surface area (Å²) in [4.78, 5) is 7.24. The molecule has 0 aliphatic heterocycles. The number of anilines is 1. The highest BCUT2D eigenvalue weighted by Crippen LogP contribution is 2.27. The van der Waals surface area contributed by atoms with Crippen molar-refractivity contribution in [2.45, 2.75) is 34.1 Å². The molecule has 0 aliphatic rings. The highest BCUT2D eigenvalue weighted by atomic mass is 32.2. The first-order valence-electron chi connectivity index (χ1n) is 8.69. The number of nitrogens with zero attached hydrogens (tertiary/aromatic N) is 6. The molecule has 0 bridgehead atoms. The summed E-state index contributed by atoms with van der Waals surface area (Å²) >= 11 is 0. The average Bonchev–Trinajstić information content (AvgIpc) is 3.08. The van der Waals surface area contributed by atoms with Gasteiger partial charge in [-0.05, 0) is 61.6 Å². The summed E-state index contributed by atoms with van der Waals surface area (Å²) in [7, 11) is -0.767. The molecule has 1 unspecified atom stereocenters. The van der Waals surface area contributed by atoms with Gasteiger partial charge in [-0.2, -0.15) is 0 Å². The Hall–Kier alpha value is -2.32. The summed E-state index contributed by atoms with van der Waals surface area (Å²) in [5.41, 5.74) is 4.58. The van der Waals surface area contributed by atoms with Crippen molar-refractivity contribution in [3.63, 3.8) is 0 Å². The summed E-state index contributed by atoms with van der Waals surface area (Å²) in [6.45, 7) is 10.1. The molecular weight excluding hydrogens is 346 g/mol. The minimum atomic E-state index is -0.767. The van der Waals surface area contributed by atoms with Crippen LogP contribution in [-0.4, -0.2) is 44.3 Å². The Labute approximate surface area is 156 Å². The van der Waals surface area contributed by atoms with Crippen LogP contribution in [0, 0.1) is 6.92 Å². The molecule has 3 rings (SSSR count). The predicted octanol–water partition coefficient (Wildman–Crippen LogP) is 3.12. The minimum absolute atomic E-state index is 0.767. The van der Waals surface area contributed by atoms with Gasteiger partial charge in [-0.1, -0.05) is 6.92 Å². The second-order valence-electron chi connectivity index (χ2n) is 6.30. The first kappa shape index (κ1) is 18.5. The standard InChI is InChI=1S/C18H25N7S/c1-6-8-24(7-2)18-21-16-14(13(4)23-26(5)19)9-12(3)10-15(16)17-22-20-11-25(17)18/h9-11H,5-8,19H2,1-4H3/b23-13-. The van der Waals surface area contributed by atoms with E-state index in [1.54, 1.807) is 6.33 Å². The molecule has 8 heteroatoms. The van der Waals surface area contributed by atoms with E-state index >= 15 is 0 Å². The van der Waals surface area contributed by atoms with Crippen LogP contribution in [0.2, 0.25) is 0 Å². The lowest BCUT2D eigenvalue weighted by Crippen LogP contribution is -2.27. The maximum absolute atomic E-state index is 5.80. The molecule has 1 atom stereocenters. The monoisotopic (exact) mass is 371 g/mol. The van der Waals surface area contributed by atoms with Crippen LogP contribution in [0.5, 0.6) is 0 Å². The molecule has 138 valence electrons. The first-order chi connectivity index (χ1) is 12.5. The fourth-order valence-corrected chi connectivity index (χ4v) is 3.63. The lowest BCUT2D eigenvalue weighted by molar-refractivity contribution is 0.756. The third kappa shape index (κ3) is 3.34. The largest absolute Gasteiger partial charge is 0.342 e. The predicted molar refractivity (Wildman–Crippen MR) is 112 cm³/mol. The Morgan fingerprint density at radius 1 is 1.38 bits per heavy atom. The second-order valence-corrected chi connectivity index (χ2v) is 7.29. The summed E-state index contributed by atoms with van der Waals surface area (Å²) in [6, 6.07) is 4.18. The molecule has 0 fully saturated rings. The van der Waals surface area contributed by atoms with Gasteiger partial charge in [0.1, 0.15) is 6.33 Å². The number of rotatable bonds is 6. The van der Waals surface area contributed by atoms with Gasteiger partial charge in [0, 0.05) is 24.0 Å².